The topological polar surface area (TPSA) is 87.1 Å². The van der Waals surface area contributed by atoms with Crippen LogP contribution in [0.1, 0.15) is 18.4 Å². The molecule has 1 aromatic heterocycles. The molecule has 0 unspecified atom stereocenters. The zero-order valence-corrected chi connectivity index (χ0v) is 17.2. The van der Waals surface area contributed by atoms with Gasteiger partial charge in [0.15, 0.2) is 0 Å². The van der Waals surface area contributed by atoms with E-state index in [0.29, 0.717) is 25.6 Å². The number of rotatable bonds is 4. The van der Waals surface area contributed by atoms with Crippen molar-refractivity contribution in [2.24, 2.45) is 5.92 Å². The molecule has 12 heteroatoms. The number of carboxylic acid groups (broad SMARTS) is 1. The maximum absolute atomic E-state index is 12.4. The SMILES string of the molecule is O=C(O)C(F)(F)F.O=S(=O)(C1CC1)N1C[C@@H]2CN(Cc3ccsc3)CCO[C@@H]2C1. The van der Waals surface area contributed by atoms with Gasteiger partial charge < -0.3 is 9.84 Å². The van der Waals surface area contributed by atoms with Crippen molar-refractivity contribution < 1.29 is 36.2 Å². The normalized spacial score (nSPS) is 26.3. The zero-order chi connectivity index (χ0) is 21.2. The van der Waals surface area contributed by atoms with Crippen LogP contribution in [0.25, 0.3) is 0 Å². The molecule has 0 radical (unpaired) electrons. The standard InChI is InChI=1S/C15H22N2O3S2.C2HF3O2/c18-22(19,14-1-2-14)17-9-13-8-16(4-5-20-15(13)10-17)7-12-3-6-21-11-12;3-2(4,5)1(6)7/h3,6,11,13-15H,1-2,4-5,7-10H2;(H,6,7)/t13-,15+;/m0./s1. The van der Waals surface area contributed by atoms with Gasteiger partial charge in [0.2, 0.25) is 10.0 Å². The van der Waals surface area contributed by atoms with E-state index in [2.05, 4.69) is 21.7 Å². The fourth-order valence-electron chi connectivity index (χ4n) is 3.49. The van der Waals surface area contributed by atoms with E-state index in [4.69, 9.17) is 14.6 Å². The molecule has 2 saturated heterocycles. The Bertz CT molecular complexity index is 796. The van der Waals surface area contributed by atoms with Crippen LogP contribution in [-0.4, -0.2) is 79.0 Å². The van der Waals surface area contributed by atoms with Crippen molar-refractivity contribution in [3.05, 3.63) is 22.4 Å². The molecular formula is C17H23F3N2O5S2. The fourth-order valence-corrected chi connectivity index (χ4v) is 6.06. The maximum atomic E-state index is 12.4. The van der Waals surface area contributed by atoms with Crippen LogP contribution in [0.15, 0.2) is 16.8 Å². The van der Waals surface area contributed by atoms with Gasteiger partial charge in [-0.15, -0.1) is 0 Å². The van der Waals surface area contributed by atoms with Gasteiger partial charge in [0.05, 0.1) is 18.0 Å². The zero-order valence-electron chi connectivity index (χ0n) is 15.5. The van der Waals surface area contributed by atoms with Crippen LogP contribution in [0.5, 0.6) is 0 Å². The van der Waals surface area contributed by atoms with Gasteiger partial charge in [-0.05, 0) is 35.2 Å². The number of alkyl halides is 3. The summed E-state index contributed by atoms with van der Waals surface area (Å²) in [5.41, 5.74) is 1.34. The van der Waals surface area contributed by atoms with E-state index in [1.807, 2.05) is 0 Å². The van der Waals surface area contributed by atoms with Crippen LogP contribution in [0.4, 0.5) is 13.2 Å². The van der Waals surface area contributed by atoms with Crippen LogP contribution in [0.2, 0.25) is 0 Å². The van der Waals surface area contributed by atoms with E-state index < -0.39 is 22.2 Å². The summed E-state index contributed by atoms with van der Waals surface area (Å²) < 4.78 is 64.2. The number of halogens is 3. The summed E-state index contributed by atoms with van der Waals surface area (Å²) in [5.74, 6) is -2.46. The number of carbonyl (C=O) groups is 1. The minimum atomic E-state index is -5.08. The highest BCUT2D eigenvalue weighted by Gasteiger charge is 2.47. The molecule has 1 saturated carbocycles. The highest BCUT2D eigenvalue weighted by molar-refractivity contribution is 7.90. The Labute approximate surface area is 171 Å². The third-order valence-corrected chi connectivity index (χ3v) is 8.18. The first-order chi connectivity index (χ1) is 13.6. The number of hydrogen-bond donors (Lipinski definition) is 1. The van der Waals surface area contributed by atoms with E-state index in [1.165, 1.54) is 5.56 Å². The molecule has 3 heterocycles. The van der Waals surface area contributed by atoms with Gasteiger partial charge in [-0.2, -0.15) is 28.8 Å². The smallest absolute Gasteiger partial charge is 0.475 e. The van der Waals surface area contributed by atoms with Crippen molar-refractivity contribution in [1.82, 2.24) is 9.21 Å². The summed E-state index contributed by atoms with van der Waals surface area (Å²) in [7, 11) is -3.07. The third-order valence-electron chi connectivity index (χ3n) is 5.11. The number of thiophene rings is 1. The van der Waals surface area contributed by atoms with Gasteiger partial charge in [0, 0.05) is 38.6 Å². The van der Waals surface area contributed by atoms with Crippen molar-refractivity contribution >= 4 is 27.3 Å². The predicted molar refractivity (Wildman–Crippen MR) is 100 cm³/mol. The van der Waals surface area contributed by atoms with Crippen molar-refractivity contribution in [2.75, 3.05) is 32.8 Å². The summed E-state index contributed by atoms with van der Waals surface area (Å²) >= 11 is 1.72. The minimum Gasteiger partial charge on any atom is -0.475 e. The number of aliphatic carboxylic acids is 1. The van der Waals surface area contributed by atoms with Crippen molar-refractivity contribution in [3.8, 4) is 0 Å². The molecule has 3 aliphatic rings. The second kappa shape index (κ2) is 8.88. The van der Waals surface area contributed by atoms with Crippen LogP contribution in [0.3, 0.4) is 0 Å². The number of nitrogens with zero attached hydrogens (tertiary/aromatic N) is 2. The summed E-state index contributed by atoms with van der Waals surface area (Å²) in [6, 6.07) is 2.16. The monoisotopic (exact) mass is 456 g/mol. The first-order valence-corrected chi connectivity index (χ1v) is 11.7. The van der Waals surface area contributed by atoms with Gasteiger partial charge >= 0.3 is 12.1 Å². The second-order valence-electron chi connectivity index (χ2n) is 7.40. The molecule has 29 heavy (non-hydrogen) atoms. The quantitative estimate of drug-likeness (QED) is 0.746. The van der Waals surface area contributed by atoms with Crippen LogP contribution in [-0.2, 0) is 26.1 Å². The minimum absolute atomic E-state index is 0.0704. The molecule has 0 spiro atoms. The Morgan fingerprint density at radius 1 is 1.28 bits per heavy atom. The highest BCUT2D eigenvalue weighted by atomic mass is 32.2. The van der Waals surface area contributed by atoms with Crippen LogP contribution in [0, 0.1) is 5.92 Å². The number of ether oxygens (including phenoxy) is 1. The average Bonchev–Trinajstić information content (AvgIpc) is 3.30. The number of carboxylic acids is 1. The Morgan fingerprint density at radius 2 is 1.97 bits per heavy atom. The maximum Gasteiger partial charge on any atom is 0.490 e. The molecular weight excluding hydrogens is 433 g/mol. The molecule has 164 valence electrons. The van der Waals surface area contributed by atoms with Gasteiger partial charge in [0.1, 0.15) is 0 Å². The lowest BCUT2D eigenvalue weighted by atomic mass is 10.1. The van der Waals surface area contributed by atoms with Crippen molar-refractivity contribution in [3.63, 3.8) is 0 Å². The highest BCUT2D eigenvalue weighted by Crippen LogP contribution is 2.35. The Kier molecular flexibility index (Phi) is 6.88. The predicted octanol–water partition coefficient (Wildman–Crippen LogP) is 2.01. The van der Waals surface area contributed by atoms with Gasteiger partial charge in [-0.25, -0.2) is 13.2 Å². The molecule has 0 aromatic carbocycles. The molecule has 0 amide bonds. The van der Waals surface area contributed by atoms with Gasteiger partial charge in [0.25, 0.3) is 0 Å². The molecule has 0 bridgehead atoms. The van der Waals surface area contributed by atoms with Gasteiger partial charge in [-0.3, -0.25) is 4.90 Å². The van der Waals surface area contributed by atoms with E-state index >= 15 is 0 Å². The van der Waals surface area contributed by atoms with E-state index in [9.17, 15) is 21.6 Å². The van der Waals surface area contributed by atoms with E-state index in [1.54, 1.807) is 15.6 Å². The summed E-state index contributed by atoms with van der Waals surface area (Å²) in [6.45, 7) is 4.67. The summed E-state index contributed by atoms with van der Waals surface area (Å²) in [6.07, 6.45) is -3.35. The number of fused-ring (bicyclic) bond motifs is 1. The Morgan fingerprint density at radius 3 is 2.52 bits per heavy atom. The molecule has 7 nitrogen and oxygen atoms in total. The first kappa shape index (κ1) is 22.5. The van der Waals surface area contributed by atoms with Gasteiger partial charge in [-0.1, -0.05) is 0 Å². The Balaban J connectivity index is 0.000000298. The molecule has 1 aromatic rings. The average molecular weight is 457 g/mol. The molecule has 2 atom stereocenters. The Hall–Kier alpha value is -1.21. The number of sulfonamides is 1. The summed E-state index contributed by atoms with van der Waals surface area (Å²) in [5, 5.41) is 11.3. The lowest BCUT2D eigenvalue weighted by Gasteiger charge is -2.23. The van der Waals surface area contributed by atoms with Crippen LogP contribution >= 0.6 is 11.3 Å². The number of hydrogen-bond acceptors (Lipinski definition) is 6. The van der Waals surface area contributed by atoms with Crippen molar-refractivity contribution in [1.29, 1.82) is 0 Å². The fraction of sp³-hybridized carbons (Fsp3) is 0.706. The van der Waals surface area contributed by atoms with Crippen molar-refractivity contribution in [2.45, 2.75) is 36.9 Å². The molecule has 4 rings (SSSR count). The molecule has 1 N–H and O–H groups in total. The second-order valence-corrected chi connectivity index (χ2v) is 10.4. The van der Waals surface area contributed by atoms with E-state index in [-0.39, 0.29) is 11.4 Å². The molecule has 3 fully saturated rings. The first-order valence-electron chi connectivity index (χ1n) is 9.21. The summed E-state index contributed by atoms with van der Waals surface area (Å²) in [4.78, 5) is 11.3. The largest absolute Gasteiger partial charge is 0.490 e. The lowest BCUT2D eigenvalue weighted by molar-refractivity contribution is -0.192. The van der Waals surface area contributed by atoms with Crippen LogP contribution < -0.4 is 0 Å². The molecule has 2 aliphatic heterocycles. The third kappa shape index (κ3) is 5.91. The lowest BCUT2D eigenvalue weighted by Crippen LogP contribution is -2.35. The van der Waals surface area contributed by atoms with E-state index in [0.717, 1.165) is 32.5 Å². The molecule has 1 aliphatic carbocycles.